The molecule has 1 heterocycles. The van der Waals surface area contributed by atoms with Gasteiger partial charge in [-0.3, -0.25) is 0 Å². The first-order valence-corrected chi connectivity index (χ1v) is 6.80. The average molecular weight is 355 g/mol. The number of anilines is 2. The van der Waals surface area contributed by atoms with E-state index in [4.69, 9.17) is 21.6 Å². The van der Waals surface area contributed by atoms with Gasteiger partial charge in [0.05, 0.1) is 23.9 Å². The number of rotatable bonds is 4. The summed E-state index contributed by atoms with van der Waals surface area (Å²) in [5.41, 5.74) is 1.25. The molecule has 0 aliphatic heterocycles. The third kappa shape index (κ3) is 3.56. The van der Waals surface area contributed by atoms with Gasteiger partial charge in [0.25, 0.3) is 0 Å². The number of halogens is 2. The van der Waals surface area contributed by atoms with Crippen LogP contribution in [0.25, 0.3) is 0 Å². The van der Waals surface area contributed by atoms with Crippen LogP contribution < -0.4 is 10.1 Å². The first-order valence-electron chi connectivity index (χ1n) is 5.63. The maximum Gasteiger partial charge on any atom is 0.322 e. The summed E-state index contributed by atoms with van der Waals surface area (Å²) in [4.78, 5) is 11.9. The van der Waals surface area contributed by atoms with Crippen molar-refractivity contribution < 1.29 is 4.74 Å². The molecule has 0 spiro atoms. The Kier molecular flexibility index (Phi) is 4.71. The van der Waals surface area contributed by atoms with Crippen LogP contribution in [-0.2, 0) is 0 Å². The third-order valence-electron chi connectivity index (χ3n) is 2.21. The smallest absolute Gasteiger partial charge is 0.322 e. The summed E-state index contributed by atoms with van der Waals surface area (Å²) >= 11 is 9.17. The largest absolute Gasteiger partial charge is 0.464 e. The maximum atomic E-state index is 8.82. The zero-order valence-electron chi connectivity index (χ0n) is 10.4. The Balaban J connectivity index is 2.28. The topological polar surface area (TPSA) is 83.7 Å². The summed E-state index contributed by atoms with van der Waals surface area (Å²) in [5, 5.41) is 11.8. The molecule has 0 aliphatic carbocycles. The van der Waals surface area contributed by atoms with Crippen LogP contribution in [0.2, 0.25) is 5.28 Å². The average Bonchev–Trinajstić information content (AvgIpc) is 2.41. The molecule has 102 valence electrons. The van der Waals surface area contributed by atoms with Gasteiger partial charge in [-0.05, 0) is 52.7 Å². The molecule has 2 rings (SSSR count). The molecule has 0 saturated heterocycles. The number of ether oxygens (including phenoxy) is 1. The van der Waals surface area contributed by atoms with Crippen LogP contribution in [0.15, 0.2) is 22.7 Å². The highest BCUT2D eigenvalue weighted by Gasteiger charge is 2.08. The second kappa shape index (κ2) is 6.50. The van der Waals surface area contributed by atoms with Crippen LogP contribution in [0.3, 0.4) is 0 Å². The van der Waals surface area contributed by atoms with E-state index in [0.29, 0.717) is 22.3 Å². The van der Waals surface area contributed by atoms with Gasteiger partial charge in [-0.25, -0.2) is 0 Å². The summed E-state index contributed by atoms with van der Waals surface area (Å²) in [6.45, 7) is 2.25. The second-order valence-corrected chi connectivity index (χ2v) is 4.77. The second-order valence-electron chi connectivity index (χ2n) is 3.58. The molecule has 0 aliphatic rings. The molecule has 20 heavy (non-hydrogen) atoms. The lowest BCUT2D eigenvalue weighted by Gasteiger charge is -2.08. The normalized spacial score (nSPS) is 9.90. The highest BCUT2D eigenvalue weighted by Crippen LogP contribution is 2.26. The van der Waals surface area contributed by atoms with E-state index in [1.165, 1.54) is 0 Å². The molecule has 0 fully saturated rings. The molecule has 1 aromatic carbocycles. The Morgan fingerprint density at radius 1 is 1.40 bits per heavy atom. The van der Waals surface area contributed by atoms with Crippen LogP contribution in [0.5, 0.6) is 6.01 Å². The standard InChI is InChI=1S/C12H9BrClN5O/c1-2-20-12-18-10(14)17-11(19-12)16-9-4-3-7(6-15)5-8(9)13/h3-5H,2H2,1H3,(H,16,17,18,19). The third-order valence-corrected chi connectivity index (χ3v) is 3.03. The fourth-order valence-corrected chi connectivity index (χ4v) is 2.02. The van der Waals surface area contributed by atoms with Crippen molar-refractivity contribution in [3.05, 3.63) is 33.5 Å². The van der Waals surface area contributed by atoms with Gasteiger partial charge < -0.3 is 10.1 Å². The van der Waals surface area contributed by atoms with Gasteiger partial charge in [0, 0.05) is 4.47 Å². The Morgan fingerprint density at radius 3 is 2.85 bits per heavy atom. The summed E-state index contributed by atoms with van der Waals surface area (Å²) in [6, 6.07) is 7.31. The monoisotopic (exact) mass is 353 g/mol. The predicted molar refractivity (Wildman–Crippen MR) is 78.1 cm³/mol. The van der Waals surface area contributed by atoms with E-state index in [1.807, 2.05) is 6.92 Å². The number of hydrogen-bond donors (Lipinski definition) is 1. The molecule has 2 aromatic rings. The Morgan fingerprint density at radius 2 is 2.20 bits per heavy atom. The van der Waals surface area contributed by atoms with Crippen molar-refractivity contribution in [1.29, 1.82) is 5.26 Å². The number of nitriles is 1. The van der Waals surface area contributed by atoms with Crippen LogP contribution in [0.4, 0.5) is 11.6 Å². The minimum Gasteiger partial charge on any atom is -0.464 e. The summed E-state index contributed by atoms with van der Waals surface area (Å²) in [5.74, 6) is 0.263. The number of aromatic nitrogens is 3. The van der Waals surface area contributed by atoms with E-state index in [1.54, 1.807) is 18.2 Å². The first kappa shape index (κ1) is 14.5. The molecule has 0 atom stereocenters. The Hall–Kier alpha value is -1.91. The van der Waals surface area contributed by atoms with E-state index in [-0.39, 0.29) is 17.2 Å². The van der Waals surface area contributed by atoms with Gasteiger partial charge in [0.15, 0.2) is 0 Å². The molecular weight excluding hydrogens is 346 g/mol. The number of nitrogens with zero attached hydrogens (tertiary/aromatic N) is 4. The van der Waals surface area contributed by atoms with E-state index < -0.39 is 0 Å². The summed E-state index contributed by atoms with van der Waals surface area (Å²) in [7, 11) is 0. The summed E-state index contributed by atoms with van der Waals surface area (Å²) < 4.78 is 5.90. The zero-order valence-corrected chi connectivity index (χ0v) is 12.7. The Bertz CT molecular complexity index is 673. The van der Waals surface area contributed by atoms with Crippen molar-refractivity contribution in [2.45, 2.75) is 6.92 Å². The van der Waals surface area contributed by atoms with Crippen LogP contribution in [-0.4, -0.2) is 21.6 Å². The zero-order chi connectivity index (χ0) is 14.5. The molecule has 1 N–H and O–H groups in total. The highest BCUT2D eigenvalue weighted by molar-refractivity contribution is 9.10. The lowest BCUT2D eigenvalue weighted by Crippen LogP contribution is -2.04. The maximum absolute atomic E-state index is 8.82. The van der Waals surface area contributed by atoms with Crippen molar-refractivity contribution in [1.82, 2.24) is 15.0 Å². The molecule has 0 saturated carbocycles. The molecular formula is C12H9BrClN5O. The molecule has 8 heteroatoms. The van der Waals surface area contributed by atoms with E-state index in [9.17, 15) is 0 Å². The first-order chi connectivity index (χ1) is 9.62. The molecule has 0 unspecified atom stereocenters. The minimum atomic E-state index is 0.0377. The number of nitrogens with one attached hydrogen (secondary N) is 1. The van der Waals surface area contributed by atoms with Gasteiger partial charge in [-0.15, -0.1) is 0 Å². The van der Waals surface area contributed by atoms with Gasteiger partial charge in [-0.1, -0.05) is 0 Å². The van der Waals surface area contributed by atoms with Crippen molar-refractivity contribution >= 4 is 39.2 Å². The van der Waals surface area contributed by atoms with E-state index in [2.05, 4.69) is 42.3 Å². The fourth-order valence-electron chi connectivity index (χ4n) is 1.39. The van der Waals surface area contributed by atoms with Crippen molar-refractivity contribution in [2.75, 3.05) is 11.9 Å². The van der Waals surface area contributed by atoms with E-state index in [0.717, 1.165) is 0 Å². The molecule has 0 bridgehead atoms. The van der Waals surface area contributed by atoms with E-state index >= 15 is 0 Å². The van der Waals surface area contributed by atoms with Crippen LogP contribution in [0.1, 0.15) is 12.5 Å². The van der Waals surface area contributed by atoms with Crippen molar-refractivity contribution in [2.24, 2.45) is 0 Å². The lowest BCUT2D eigenvalue weighted by molar-refractivity contribution is 0.312. The SMILES string of the molecule is CCOc1nc(Cl)nc(Nc2ccc(C#N)cc2Br)n1. The highest BCUT2D eigenvalue weighted by atomic mass is 79.9. The molecule has 6 nitrogen and oxygen atoms in total. The van der Waals surface area contributed by atoms with Crippen molar-refractivity contribution in [3.63, 3.8) is 0 Å². The molecule has 1 aromatic heterocycles. The Labute approximate surface area is 128 Å². The van der Waals surface area contributed by atoms with Gasteiger partial charge in [0.1, 0.15) is 0 Å². The van der Waals surface area contributed by atoms with Gasteiger partial charge in [-0.2, -0.15) is 20.2 Å². The van der Waals surface area contributed by atoms with Crippen molar-refractivity contribution in [3.8, 4) is 12.1 Å². The summed E-state index contributed by atoms with van der Waals surface area (Å²) in [6.07, 6.45) is 0. The fraction of sp³-hybridized carbons (Fsp3) is 0.167. The van der Waals surface area contributed by atoms with Crippen LogP contribution >= 0.6 is 27.5 Å². The number of benzene rings is 1. The predicted octanol–water partition coefficient (Wildman–Crippen LogP) is 3.30. The van der Waals surface area contributed by atoms with Gasteiger partial charge in [0.2, 0.25) is 11.2 Å². The number of hydrogen-bond acceptors (Lipinski definition) is 6. The lowest BCUT2D eigenvalue weighted by atomic mass is 10.2. The van der Waals surface area contributed by atoms with Crippen LogP contribution in [0, 0.1) is 11.3 Å². The molecule has 0 radical (unpaired) electrons. The minimum absolute atomic E-state index is 0.0377. The quantitative estimate of drug-likeness (QED) is 0.907. The molecule has 0 amide bonds. The van der Waals surface area contributed by atoms with Gasteiger partial charge >= 0.3 is 6.01 Å².